The summed E-state index contributed by atoms with van der Waals surface area (Å²) in [5.41, 5.74) is 1.92. The third-order valence-electron chi connectivity index (χ3n) is 5.81. The first-order chi connectivity index (χ1) is 16.4. The first-order valence-corrected chi connectivity index (χ1v) is 13.5. The number of carbonyl (C=O) groups is 2. The van der Waals surface area contributed by atoms with Crippen molar-refractivity contribution in [1.82, 2.24) is 25.0 Å². The highest BCUT2D eigenvalue weighted by atomic mass is 35.5. The third kappa shape index (κ3) is 11.0. The summed E-state index contributed by atoms with van der Waals surface area (Å²) in [7, 11) is -1.62. The quantitative estimate of drug-likeness (QED) is 0.364. The molecule has 1 aliphatic rings. The van der Waals surface area contributed by atoms with Crippen LogP contribution in [0.15, 0.2) is 18.2 Å². The zero-order valence-corrected chi connectivity index (χ0v) is 24.5. The van der Waals surface area contributed by atoms with Gasteiger partial charge in [0.1, 0.15) is 0 Å². The van der Waals surface area contributed by atoms with Crippen molar-refractivity contribution in [3.05, 3.63) is 29.3 Å². The van der Waals surface area contributed by atoms with Crippen LogP contribution in [0.3, 0.4) is 0 Å². The lowest BCUT2D eigenvalue weighted by Gasteiger charge is -2.39. The van der Waals surface area contributed by atoms with Gasteiger partial charge in [0.2, 0.25) is 15.9 Å². The number of benzene rings is 1. The number of aryl methyl sites for hydroxylation is 1. The number of amides is 2. The van der Waals surface area contributed by atoms with Crippen molar-refractivity contribution in [2.75, 3.05) is 70.6 Å². The molecule has 37 heavy (non-hydrogen) atoms. The Balaban J connectivity index is 0.00000648. The molecule has 1 heterocycles. The minimum Gasteiger partial charge on any atom is -0.353 e. The minimum atomic E-state index is -3.27. The van der Waals surface area contributed by atoms with Crippen LogP contribution in [0.2, 0.25) is 0 Å². The van der Waals surface area contributed by atoms with Crippen LogP contribution in [-0.4, -0.2) is 106 Å². The van der Waals surface area contributed by atoms with E-state index in [2.05, 4.69) is 16.7 Å². The Morgan fingerprint density at radius 2 is 1.73 bits per heavy atom. The van der Waals surface area contributed by atoms with E-state index < -0.39 is 10.0 Å². The minimum absolute atomic E-state index is 0. The van der Waals surface area contributed by atoms with E-state index in [-0.39, 0.29) is 49.7 Å². The smallest absolute Gasteiger partial charge is 0.256 e. The van der Waals surface area contributed by atoms with Crippen LogP contribution in [0.25, 0.3) is 0 Å². The topological polar surface area (TPSA) is 129 Å². The zero-order valence-electron chi connectivity index (χ0n) is 22.1. The van der Waals surface area contributed by atoms with Crippen molar-refractivity contribution in [2.45, 2.75) is 26.8 Å². The Bertz CT molecular complexity index is 1040. The molecule has 0 aromatic heterocycles. The number of nitriles is 1. The van der Waals surface area contributed by atoms with Gasteiger partial charge < -0.3 is 15.5 Å². The molecule has 0 bridgehead atoms. The Morgan fingerprint density at radius 1 is 1.11 bits per heavy atom. The average Bonchev–Trinajstić information content (AvgIpc) is 2.80. The van der Waals surface area contributed by atoms with Gasteiger partial charge in [-0.15, -0.1) is 24.8 Å². The van der Waals surface area contributed by atoms with E-state index in [0.717, 1.165) is 5.56 Å². The van der Waals surface area contributed by atoms with Gasteiger partial charge >= 0.3 is 0 Å². The molecule has 0 radical (unpaired) electrons. The fourth-order valence-corrected chi connectivity index (χ4v) is 4.60. The lowest BCUT2D eigenvalue weighted by atomic mass is 10.1. The second-order valence-electron chi connectivity index (χ2n) is 8.96. The lowest BCUT2D eigenvalue weighted by Crippen LogP contribution is -2.56. The second-order valence-corrected chi connectivity index (χ2v) is 10.9. The third-order valence-corrected chi connectivity index (χ3v) is 7.11. The molecular formula is C23H39Cl2N7O4S. The zero-order chi connectivity index (χ0) is 26.2. The number of hydrogen-bond donors (Lipinski definition) is 2. The lowest BCUT2D eigenvalue weighted by molar-refractivity contribution is -0.146. The van der Waals surface area contributed by atoms with Crippen LogP contribution in [0, 0.1) is 18.3 Å². The molecule has 0 aliphatic carbocycles. The van der Waals surface area contributed by atoms with Crippen molar-refractivity contribution in [2.24, 2.45) is 0 Å². The molecule has 1 aromatic rings. The van der Waals surface area contributed by atoms with Gasteiger partial charge in [0, 0.05) is 58.0 Å². The molecule has 1 fully saturated rings. The summed E-state index contributed by atoms with van der Waals surface area (Å²) in [6.07, 6.45) is 1.18. The summed E-state index contributed by atoms with van der Waals surface area (Å²) in [6, 6.07) is 7.59. The molecule has 2 amide bonds. The monoisotopic (exact) mass is 579 g/mol. The Hall–Kier alpha value is -2.14. The van der Waals surface area contributed by atoms with Gasteiger partial charge in [-0.2, -0.15) is 9.57 Å². The predicted octanol–water partition coefficient (Wildman–Crippen LogP) is 0.582. The molecule has 11 nitrogen and oxygen atoms in total. The number of anilines is 1. The number of piperazine rings is 1. The van der Waals surface area contributed by atoms with Gasteiger partial charge in [-0.1, -0.05) is 19.9 Å². The van der Waals surface area contributed by atoms with Crippen LogP contribution in [-0.2, 0) is 19.6 Å². The molecule has 2 rings (SSSR count). The molecule has 210 valence electrons. The van der Waals surface area contributed by atoms with E-state index in [1.54, 1.807) is 35.2 Å². The molecule has 2 N–H and O–H groups in total. The van der Waals surface area contributed by atoms with E-state index in [1.165, 1.54) is 15.6 Å². The van der Waals surface area contributed by atoms with Crippen LogP contribution in [0.5, 0.6) is 0 Å². The van der Waals surface area contributed by atoms with Crippen molar-refractivity contribution in [1.29, 1.82) is 5.26 Å². The van der Waals surface area contributed by atoms with Crippen LogP contribution in [0.1, 0.15) is 25.0 Å². The largest absolute Gasteiger partial charge is 0.353 e. The molecule has 0 atom stereocenters. The van der Waals surface area contributed by atoms with E-state index in [1.807, 2.05) is 20.8 Å². The standard InChI is InChI=1S/C23H37N7O4S.2ClH/c1-18(2)25-8-9-26-22(31)16-28(21-14-20(15-24)7-6-19(21)3)17-23(32)27(4)29-10-12-30(13-11-29)35(5,33)34;;/h6-7,14,18,25H,8-13,16-17H2,1-5H3,(H,26,31);2*1H. The SMILES string of the molecule is Cc1ccc(C#N)cc1N(CC(=O)NCCNC(C)C)CC(=O)N(C)N1CCN(S(C)(=O)=O)CC1.Cl.Cl. The van der Waals surface area contributed by atoms with Gasteiger partial charge in [-0.3, -0.25) is 14.6 Å². The summed E-state index contributed by atoms with van der Waals surface area (Å²) in [6.45, 7) is 8.28. The number of hydrazine groups is 1. The highest BCUT2D eigenvalue weighted by Crippen LogP contribution is 2.22. The van der Waals surface area contributed by atoms with Gasteiger partial charge in [0.15, 0.2) is 0 Å². The number of rotatable bonds is 11. The Labute approximate surface area is 233 Å². The van der Waals surface area contributed by atoms with Crippen LogP contribution in [0.4, 0.5) is 5.69 Å². The Morgan fingerprint density at radius 3 is 2.27 bits per heavy atom. The number of likely N-dealkylation sites (N-methyl/N-ethyl adjacent to an activating group) is 1. The van der Waals surface area contributed by atoms with Crippen molar-refractivity contribution in [3.8, 4) is 6.07 Å². The molecule has 0 unspecified atom stereocenters. The fraction of sp³-hybridized carbons (Fsp3) is 0.609. The van der Waals surface area contributed by atoms with E-state index in [4.69, 9.17) is 0 Å². The Kier molecular flexibility index (Phi) is 15.0. The van der Waals surface area contributed by atoms with E-state index in [9.17, 15) is 23.3 Å². The number of hydrogen-bond acceptors (Lipinski definition) is 8. The number of halogens is 2. The number of sulfonamides is 1. The van der Waals surface area contributed by atoms with Crippen LogP contribution < -0.4 is 15.5 Å². The second kappa shape index (κ2) is 16.0. The first kappa shape index (κ1) is 34.9. The summed E-state index contributed by atoms with van der Waals surface area (Å²) < 4.78 is 24.9. The maximum Gasteiger partial charge on any atom is 0.256 e. The maximum atomic E-state index is 13.2. The summed E-state index contributed by atoms with van der Waals surface area (Å²) >= 11 is 0. The molecule has 1 aliphatic heterocycles. The average molecular weight is 581 g/mol. The maximum absolute atomic E-state index is 13.2. The van der Waals surface area contributed by atoms with Crippen LogP contribution >= 0.6 is 24.8 Å². The van der Waals surface area contributed by atoms with Gasteiger partial charge in [-0.25, -0.2) is 13.4 Å². The van der Waals surface area contributed by atoms with Crippen molar-refractivity contribution in [3.63, 3.8) is 0 Å². The predicted molar refractivity (Wildman–Crippen MR) is 150 cm³/mol. The van der Waals surface area contributed by atoms with E-state index >= 15 is 0 Å². The summed E-state index contributed by atoms with van der Waals surface area (Å²) in [4.78, 5) is 27.5. The molecule has 1 saturated heterocycles. The first-order valence-electron chi connectivity index (χ1n) is 11.6. The molecule has 1 aromatic carbocycles. The highest BCUT2D eigenvalue weighted by Gasteiger charge is 2.28. The van der Waals surface area contributed by atoms with E-state index in [0.29, 0.717) is 56.6 Å². The molecule has 0 spiro atoms. The molecular weight excluding hydrogens is 541 g/mol. The number of nitrogens with zero attached hydrogens (tertiary/aromatic N) is 5. The highest BCUT2D eigenvalue weighted by molar-refractivity contribution is 7.88. The number of nitrogens with one attached hydrogen (secondary N) is 2. The van der Waals surface area contributed by atoms with Gasteiger partial charge in [0.25, 0.3) is 5.91 Å². The molecule has 0 saturated carbocycles. The summed E-state index contributed by atoms with van der Waals surface area (Å²) in [5, 5.41) is 18.7. The number of carbonyl (C=O) groups excluding carboxylic acids is 2. The summed E-state index contributed by atoms with van der Waals surface area (Å²) in [5.74, 6) is -0.469. The fourth-order valence-electron chi connectivity index (χ4n) is 3.77. The normalized spacial score (nSPS) is 14.2. The van der Waals surface area contributed by atoms with Crippen molar-refractivity contribution < 1.29 is 18.0 Å². The van der Waals surface area contributed by atoms with Gasteiger partial charge in [0.05, 0.1) is 31.0 Å². The molecule has 14 heteroatoms. The van der Waals surface area contributed by atoms with Gasteiger partial charge in [-0.05, 0) is 24.6 Å². The van der Waals surface area contributed by atoms with Crippen molar-refractivity contribution >= 4 is 52.3 Å².